The van der Waals surface area contributed by atoms with Crippen LogP contribution in [0.15, 0.2) is 28.7 Å². The Kier molecular flexibility index (Phi) is 3.77. The molecule has 0 radical (unpaired) electrons. The zero-order valence-electron chi connectivity index (χ0n) is 9.30. The van der Waals surface area contributed by atoms with Crippen molar-refractivity contribution in [1.82, 2.24) is 10.2 Å². The highest BCUT2D eigenvalue weighted by Gasteiger charge is 2.02. The molecule has 90 valence electrons. The lowest BCUT2D eigenvalue weighted by molar-refractivity contribution is 0.259. The van der Waals surface area contributed by atoms with Crippen LogP contribution in [0.1, 0.15) is 12.8 Å². The van der Waals surface area contributed by atoms with Gasteiger partial charge in [0, 0.05) is 6.07 Å². The van der Waals surface area contributed by atoms with E-state index in [1.54, 1.807) is 0 Å². The van der Waals surface area contributed by atoms with E-state index in [9.17, 15) is 0 Å². The molecular formula is C11H12N2O3S. The summed E-state index contributed by atoms with van der Waals surface area (Å²) in [6.45, 7) is 2.78. The molecule has 0 fully saturated rings. The molecule has 0 aliphatic heterocycles. The van der Waals surface area contributed by atoms with Crippen LogP contribution in [0, 0.1) is 4.84 Å². The predicted molar refractivity (Wildman–Crippen MR) is 63.6 cm³/mol. The van der Waals surface area contributed by atoms with Crippen molar-refractivity contribution in [2.75, 3.05) is 6.61 Å². The van der Waals surface area contributed by atoms with Crippen LogP contribution in [-0.4, -0.2) is 16.8 Å². The quantitative estimate of drug-likeness (QED) is 0.829. The molecule has 0 saturated heterocycles. The van der Waals surface area contributed by atoms with Gasteiger partial charge in [0.15, 0.2) is 6.61 Å². The molecule has 1 aromatic carbocycles. The highest BCUT2D eigenvalue weighted by Crippen LogP contribution is 2.20. The van der Waals surface area contributed by atoms with E-state index in [-0.39, 0.29) is 11.4 Å². The topological polar surface area (TPSA) is 60.3 Å². The monoisotopic (exact) mass is 252 g/mol. The van der Waals surface area contributed by atoms with Crippen LogP contribution in [-0.2, 0) is 6.61 Å². The summed E-state index contributed by atoms with van der Waals surface area (Å²) in [5.41, 5.74) is 0. The van der Waals surface area contributed by atoms with Crippen molar-refractivity contribution in [3.63, 3.8) is 0 Å². The summed E-state index contributed by atoms with van der Waals surface area (Å²) in [6, 6.07) is 7.38. The van der Waals surface area contributed by atoms with Crippen LogP contribution in [0.3, 0.4) is 0 Å². The second kappa shape index (κ2) is 5.49. The number of nitrogens with zero attached hydrogens (tertiary/aromatic N) is 1. The molecule has 6 heteroatoms. The summed E-state index contributed by atoms with van der Waals surface area (Å²) in [7, 11) is 0. The van der Waals surface area contributed by atoms with Crippen molar-refractivity contribution < 1.29 is 13.9 Å². The van der Waals surface area contributed by atoms with E-state index in [0.29, 0.717) is 18.2 Å². The Morgan fingerprint density at radius 1 is 1.35 bits per heavy atom. The van der Waals surface area contributed by atoms with Crippen molar-refractivity contribution in [3.8, 4) is 11.5 Å². The van der Waals surface area contributed by atoms with Gasteiger partial charge in [0.1, 0.15) is 11.5 Å². The lowest BCUT2D eigenvalue weighted by atomic mass is 10.3. The first kappa shape index (κ1) is 11.7. The molecule has 1 heterocycles. The smallest absolute Gasteiger partial charge is 0.284 e. The SMILES string of the molecule is CCOc1cccc(OCc2n[nH]c(=S)o2)c1. The van der Waals surface area contributed by atoms with Gasteiger partial charge >= 0.3 is 0 Å². The first-order valence-electron chi connectivity index (χ1n) is 5.18. The molecule has 2 aromatic rings. The van der Waals surface area contributed by atoms with E-state index >= 15 is 0 Å². The Hall–Kier alpha value is -1.82. The number of benzene rings is 1. The van der Waals surface area contributed by atoms with Gasteiger partial charge in [-0.15, -0.1) is 5.10 Å². The van der Waals surface area contributed by atoms with E-state index < -0.39 is 0 Å². The summed E-state index contributed by atoms with van der Waals surface area (Å²) in [5.74, 6) is 1.88. The van der Waals surface area contributed by atoms with Crippen LogP contribution in [0.4, 0.5) is 0 Å². The van der Waals surface area contributed by atoms with Crippen LogP contribution in [0.2, 0.25) is 0 Å². The van der Waals surface area contributed by atoms with Crippen molar-refractivity contribution in [2.24, 2.45) is 0 Å². The summed E-state index contributed by atoms with van der Waals surface area (Å²) in [5, 5.41) is 6.37. The maximum absolute atomic E-state index is 5.49. The molecule has 0 amide bonds. The van der Waals surface area contributed by atoms with E-state index in [4.69, 9.17) is 26.1 Å². The minimum Gasteiger partial charge on any atom is -0.494 e. The molecule has 17 heavy (non-hydrogen) atoms. The second-order valence-corrected chi connectivity index (χ2v) is 3.57. The Morgan fingerprint density at radius 3 is 2.76 bits per heavy atom. The zero-order chi connectivity index (χ0) is 12.1. The number of nitrogens with one attached hydrogen (secondary N) is 1. The van der Waals surface area contributed by atoms with Gasteiger partial charge in [-0.3, -0.25) is 0 Å². The molecule has 0 saturated carbocycles. The third-order valence-corrected chi connectivity index (χ3v) is 2.14. The van der Waals surface area contributed by atoms with Crippen molar-refractivity contribution in [3.05, 3.63) is 35.0 Å². The maximum Gasteiger partial charge on any atom is 0.284 e. The number of ether oxygens (including phenoxy) is 2. The van der Waals surface area contributed by atoms with Crippen molar-refractivity contribution >= 4 is 12.2 Å². The Labute approximate surface area is 103 Å². The van der Waals surface area contributed by atoms with Crippen LogP contribution in [0.25, 0.3) is 0 Å². The molecule has 2 rings (SSSR count). The average Bonchev–Trinajstić information content (AvgIpc) is 2.74. The first-order chi connectivity index (χ1) is 8.28. The third-order valence-electron chi connectivity index (χ3n) is 1.96. The van der Waals surface area contributed by atoms with Gasteiger partial charge in [-0.25, -0.2) is 5.10 Å². The molecule has 1 N–H and O–H groups in total. The average molecular weight is 252 g/mol. The van der Waals surface area contributed by atoms with E-state index in [1.807, 2.05) is 31.2 Å². The Bertz CT molecular complexity index is 535. The molecule has 1 aromatic heterocycles. The van der Waals surface area contributed by atoms with Crippen LogP contribution >= 0.6 is 12.2 Å². The molecule has 0 spiro atoms. The van der Waals surface area contributed by atoms with Crippen molar-refractivity contribution in [2.45, 2.75) is 13.5 Å². The van der Waals surface area contributed by atoms with Gasteiger partial charge in [-0.2, -0.15) is 0 Å². The fraction of sp³-hybridized carbons (Fsp3) is 0.273. The lowest BCUT2D eigenvalue weighted by Gasteiger charge is -2.06. The maximum atomic E-state index is 5.49. The normalized spacial score (nSPS) is 10.2. The molecule has 0 unspecified atom stereocenters. The number of hydrogen-bond donors (Lipinski definition) is 1. The van der Waals surface area contributed by atoms with Gasteiger partial charge in [0.25, 0.3) is 10.7 Å². The summed E-state index contributed by atoms with van der Waals surface area (Å²) in [4.78, 5) is 0.242. The molecule has 0 aliphatic rings. The molecule has 0 bridgehead atoms. The van der Waals surface area contributed by atoms with Gasteiger partial charge < -0.3 is 13.9 Å². The Morgan fingerprint density at radius 2 is 2.12 bits per heavy atom. The molecule has 5 nitrogen and oxygen atoms in total. The van der Waals surface area contributed by atoms with E-state index in [2.05, 4.69) is 10.2 Å². The molecule has 0 aliphatic carbocycles. The number of rotatable bonds is 5. The standard InChI is InChI=1S/C11H12N2O3S/c1-2-14-8-4-3-5-9(6-8)15-7-10-12-13-11(17)16-10/h3-6H,2,7H2,1H3,(H,13,17). The molecule has 0 atom stereocenters. The minimum atomic E-state index is 0.225. The largest absolute Gasteiger partial charge is 0.494 e. The lowest BCUT2D eigenvalue weighted by Crippen LogP contribution is -1.97. The number of hydrogen-bond acceptors (Lipinski definition) is 5. The van der Waals surface area contributed by atoms with E-state index in [1.165, 1.54) is 0 Å². The summed E-state index contributed by atoms with van der Waals surface area (Å²) in [6.07, 6.45) is 0. The number of aromatic nitrogens is 2. The van der Waals surface area contributed by atoms with Gasteiger partial charge in [0.05, 0.1) is 6.61 Å². The fourth-order valence-corrected chi connectivity index (χ4v) is 1.43. The number of aromatic amines is 1. The van der Waals surface area contributed by atoms with Crippen LogP contribution < -0.4 is 9.47 Å². The van der Waals surface area contributed by atoms with Gasteiger partial charge in [-0.1, -0.05) is 6.07 Å². The summed E-state index contributed by atoms with van der Waals surface area (Å²) < 4.78 is 15.9. The van der Waals surface area contributed by atoms with E-state index in [0.717, 1.165) is 5.75 Å². The fourth-order valence-electron chi connectivity index (χ4n) is 1.29. The first-order valence-corrected chi connectivity index (χ1v) is 5.59. The Balaban J connectivity index is 1.98. The van der Waals surface area contributed by atoms with Crippen molar-refractivity contribution in [1.29, 1.82) is 0 Å². The summed E-state index contributed by atoms with van der Waals surface area (Å²) >= 11 is 4.76. The minimum absolute atomic E-state index is 0.225. The van der Waals surface area contributed by atoms with Crippen LogP contribution in [0.5, 0.6) is 11.5 Å². The highest BCUT2D eigenvalue weighted by atomic mass is 32.1. The zero-order valence-corrected chi connectivity index (χ0v) is 10.1. The number of H-pyrrole nitrogens is 1. The van der Waals surface area contributed by atoms with Gasteiger partial charge in [-0.05, 0) is 31.3 Å². The van der Waals surface area contributed by atoms with Gasteiger partial charge in [0.2, 0.25) is 0 Å². The second-order valence-electron chi connectivity index (χ2n) is 3.20. The third kappa shape index (κ3) is 3.32. The highest BCUT2D eigenvalue weighted by molar-refractivity contribution is 7.71. The predicted octanol–water partition coefficient (Wildman–Crippen LogP) is 2.71. The molecular weight excluding hydrogens is 240 g/mol.